The summed E-state index contributed by atoms with van der Waals surface area (Å²) in [6.45, 7) is 4.11. The third kappa shape index (κ3) is 3.49. The molecule has 0 aromatic rings. The van der Waals surface area contributed by atoms with Crippen molar-refractivity contribution in [3.05, 3.63) is 0 Å². The van der Waals surface area contributed by atoms with E-state index < -0.39 is 0 Å². The second-order valence-electron chi connectivity index (χ2n) is 2.42. The average Bonchev–Trinajstić information content (AvgIpc) is 1.82. The predicted octanol–water partition coefficient (Wildman–Crippen LogP) is 1.15. The van der Waals surface area contributed by atoms with Crippen LogP contribution in [0.1, 0.15) is 26.7 Å². The summed E-state index contributed by atoms with van der Waals surface area (Å²) in [5.74, 6) is 0. The Balaban J connectivity index is 3.41. The fourth-order valence-electron chi connectivity index (χ4n) is 0.880. The fraction of sp³-hybridized carbons (Fsp3) is 1.00. The molecule has 2 heteroatoms. The number of methoxy groups -OCH3 is 1. The topological polar surface area (TPSA) is 35.2 Å². The molecule has 0 spiro atoms. The van der Waals surface area contributed by atoms with Crippen LogP contribution in [0.25, 0.3) is 0 Å². The zero-order chi connectivity index (χ0) is 7.28. The molecule has 2 N–H and O–H groups in total. The Labute approximate surface area is 57.4 Å². The monoisotopic (exact) mass is 131 g/mol. The van der Waals surface area contributed by atoms with Gasteiger partial charge in [-0.25, -0.2) is 0 Å². The van der Waals surface area contributed by atoms with E-state index in [0.717, 1.165) is 12.8 Å². The average molecular weight is 131 g/mol. The normalized spacial score (nSPS) is 17.3. The Morgan fingerprint density at radius 2 is 2.11 bits per heavy atom. The quantitative estimate of drug-likeness (QED) is 0.621. The maximum absolute atomic E-state index is 5.61. The van der Waals surface area contributed by atoms with E-state index in [0.29, 0.717) is 0 Å². The molecule has 56 valence electrons. The first-order valence-electron chi connectivity index (χ1n) is 3.50. The molecule has 9 heavy (non-hydrogen) atoms. The van der Waals surface area contributed by atoms with Crippen LogP contribution in [0.4, 0.5) is 0 Å². The first-order valence-corrected chi connectivity index (χ1v) is 3.50. The van der Waals surface area contributed by atoms with E-state index in [2.05, 4.69) is 6.92 Å². The van der Waals surface area contributed by atoms with Crippen LogP contribution in [0, 0.1) is 0 Å². The zero-order valence-corrected chi connectivity index (χ0v) is 6.55. The number of nitrogens with two attached hydrogens (primary N) is 1. The minimum Gasteiger partial charge on any atom is -0.380 e. The molecular weight excluding hydrogens is 114 g/mol. The van der Waals surface area contributed by atoms with Gasteiger partial charge in [-0.05, 0) is 13.3 Å². The fourth-order valence-corrected chi connectivity index (χ4v) is 0.880. The lowest BCUT2D eigenvalue weighted by atomic mass is 10.1. The first-order chi connectivity index (χ1) is 4.22. The molecule has 0 bridgehead atoms. The van der Waals surface area contributed by atoms with Gasteiger partial charge in [-0.3, -0.25) is 0 Å². The second-order valence-corrected chi connectivity index (χ2v) is 2.42. The lowest BCUT2D eigenvalue weighted by Crippen LogP contribution is -2.32. The zero-order valence-electron chi connectivity index (χ0n) is 6.55. The molecule has 0 aromatic carbocycles. The lowest BCUT2D eigenvalue weighted by molar-refractivity contribution is 0.0775. The standard InChI is InChI=1S/C7H17NO/c1-4-5-7(9-3)6(2)8/h6-7H,4-5,8H2,1-3H3/t6-,7?/m1/s1. The Hall–Kier alpha value is -0.0800. The molecule has 0 aliphatic rings. The van der Waals surface area contributed by atoms with Crippen LogP contribution in [0.2, 0.25) is 0 Å². The van der Waals surface area contributed by atoms with Crippen LogP contribution in [0.15, 0.2) is 0 Å². The highest BCUT2D eigenvalue weighted by atomic mass is 16.5. The van der Waals surface area contributed by atoms with E-state index in [1.165, 1.54) is 0 Å². The highest BCUT2D eigenvalue weighted by Gasteiger charge is 2.09. The summed E-state index contributed by atoms with van der Waals surface area (Å²) in [4.78, 5) is 0. The van der Waals surface area contributed by atoms with Crippen LogP contribution in [-0.4, -0.2) is 19.3 Å². The van der Waals surface area contributed by atoms with Crippen LogP contribution < -0.4 is 5.73 Å². The summed E-state index contributed by atoms with van der Waals surface area (Å²) in [5.41, 5.74) is 5.61. The Morgan fingerprint density at radius 3 is 2.22 bits per heavy atom. The molecule has 0 aliphatic heterocycles. The van der Waals surface area contributed by atoms with Crippen molar-refractivity contribution in [2.75, 3.05) is 7.11 Å². The van der Waals surface area contributed by atoms with Gasteiger partial charge in [-0.2, -0.15) is 0 Å². The van der Waals surface area contributed by atoms with Gasteiger partial charge in [0.15, 0.2) is 0 Å². The highest BCUT2D eigenvalue weighted by molar-refractivity contribution is 4.66. The Bertz CT molecular complexity index is 63.9. The van der Waals surface area contributed by atoms with Gasteiger partial charge < -0.3 is 10.5 Å². The lowest BCUT2D eigenvalue weighted by Gasteiger charge is -2.17. The van der Waals surface area contributed by atoms with Crippen LogP contribution in [-0.2, 0) is 4.74 Å². The molecule has 0 aromatic heterocycles. The molecule has 0 rings (SSSR count). The van der Waals surface area contributed by atoms with Gasteiger partial charge in [0.1, 0.15) is 0 Å². The number of rotatable bonds is 4. The number of hydrogen-bond acceptors (Lipinski definition) is 2. The largest absolute Gasteiger partial charge is 0.380 e. The summed E-state index contributed by atoms with van der Waals surface area (Å²) in [5, 5.41) is 0. The molecule has 0 amide bonds. The molecule has 0 heterocycles. The van der Waals surface area contributed by atoms with Gasteiger partial charge in [0, 0.05) is 13.2 Å². The molecule has 0 saturated carbocycles. The second kappa shape index (κ2) is 4.77. The molecule has 0 fully saturated rings. The maximum Gasteiger partial charge on any atom is 0.0719 e. The van der Waals surface area contributed by atoms with E-state index >= 15 is 0 Å². The summed E-state index contributed by atoms with van der Waals surface area (Å²) in [6.07, 6.45) is 2.45. The van der Waals surface area contributed by atoms with Crippen LogP contribution in [0.5, 0.6) is 0 Å². The van der Waals surface area contributed by atoms with Crippen molar-refractivity contribution in [3.8, 4) is 0 Å². The Kier molecular flexibility index (Phi) is 4.72. The minimum atomic E-state index is 0.162. The van der Waals surface area contributed by atoms with E-state index in [1.807, 2.05) is 6.92 Å². The van der Waals surface area contributed by atoms with E-state index in [-0.39, 0.29) is 12.1 Å². The molecule has 2 atom stereocenters. The molecule has 2 nitrogen and oxygen atoms in total. The van der Waals surface area contributed by atoms with Crippen molar-refractivity contribution >= 4 is 0 Å². The van der Waals surface area contributed by atoms with Gasteiger partial charge >= 0.3 is 0 Å². The molecule has 0 radical (unpaired) electrons. The van der Waals surface area contributed by atoms with Crippen molar-refractivity contribution in [3.63, 3.8) is 0 Å². The van der Waals surface area contributed by atoms with Gasteiger partial charge in [-0.15, -0.1) is 0 Å². The van der Waals surface area contributed by atoms with Gasteiger partial charge in [0.2, 0.25) is 0 Å². The summed E-state index contributed by atoms with van der Waals surface area (Å²) >= 11 is 0. The van der Waals surface area contributed by atoms with Crippen molar-refractivity contribution in [1.82, 2.24) is 0 Å². The maximum atomic E-state index is 5.61. The van der Waals surface area contributed by atoms with Crippen LogP contribution in [0.3, 0.4) is 0 Å². The summed E-state index contributed by atoms with van der Waals surface area (Å²) < 4.78 is 5.13. The van der Waals surface area contributed by atoms with E-state index in [9.17, 15) is 0 Å². The number of ether oxygens (including phenoxy) is 1. The molecule has 1 unspecified atom stereocenters. The Morgan fingerprint density at radius 1 is 1.56 bits per heavy atom. The number of hydrogen-bond donors (Lipinski definition) is 1. The van der Waals surface area contributed by atoms with Crippen molar-refractivity contribution < 1.29 is 4.74 Å². The van der Waals surface area contributed by atoms with Crippen molar-refractivity contribution in [1.29, 1.82) is 0 Å². The predicted molar refractivity (Wildman–Crippen MR) is 39.4 cm³/mol. The third-order valence-corrected chi connectivity index (χ3v) is 1.46. The van der Waals surface area contributed by atoms with Crippen molar-refractivity contribution in [2.45, 2.75) is 38.8 Å². The van der Waals surface area contributed by atoms with Gasteiger partial charge in [0.05, 0.1) is 6.10 Å². The minimum absolute atomic E-state index is 0.162. The highest BCUT2D eigenvalue weighted by Crippen LogP contribution is 2.03. The molecule has 0 aliphatic carbocycles. The third-order valence-electron chi connectivity index (χ3n) is 1.46. The smallest absolute Gasteiger partial charge is 0.0719 e. The SMILES string of the molecule is CCCC(OC)[C@@H](C)N. The van der Waals surface area contributed by atoms with Gasteiger partial charge in [-0.1, -0.05) is 13.3 Å². The summed E-state index contributed by atoms with van der Waals surface area (Å²) in [7, 11) is 1.71. The molecular formula is C7H17NO. The van der Waals surface area contributed by atoms with Crippen LogP contribution >= 0.6 is 0 Å². The molecule has 0 saturated heterocycles. The van der Waals surface area contributed by atoms with Gasteiger partial charge in [0.25, 0.3) is 0 Å². The van der Waals surface area contributed by atoms with E-state index in [1.54, 1.807) is 7.11 Å². The summed E-state index contributed by atoms with van der Waals surface area (Å²) in [6, 6.07) is 0.162. The van der Waals surface area contributed by atoms with Crippen molar-refractivity contribution in [2.24, 2.45) is 5.73 Å². The first kappa shape index (κ1) is 8.92. The van der Waals surface area contributed by atoms with E-state index in [4.69, 9.17) is 10.5 Å².